The molecule has 0 aliphatic heterocycles. The van der Waals surface area contributed by atoms with Gasteiger partial charge in [-0.3, -0.25) is 4.98 Å². The first-order valence-electron chi connectivity index (χ1n) is 8.23. The molecule has 26 heavy (non-hydrogen) atoms. The Hall–Kier alpha value is -3.54. The number of hydrogen-bond acceptors (Lipinski definition) is 5. The highest BCUT2D eigenvalue weighted by molar-refractivity contribution is 5.61. The highest BCUT2D eigenvalue weighted by atomic mass is 16.5. The maximum Gasteiger partial charge on any atom is 0.201 e. The fraction of sp³-hybridized carbons (Fsp3) is 0.100. The van der Waals surface area contributed by atoms with E-state index in [1.807, 2.05) is 47.1 Å². The first-order valence-corrected chi connectivity index (χ1v) is 8.23. The predicted octanol–water partition coefficient (Wildman–Crippen LogP) is 3.46. The zero-order valence-electron chi connectivity index (χ0n) is 14.3. The van der Waals surface area contributed by atoms with E-state index in [9.17, 15) is 0 Å². The lowest BCUT2D eigenvalue weighted by Crippen LogP contribution is -2.04. The molecule has 4 aromatic rings. The zero-order valence-corrected chi connectivity index (χ0v) is 14.3. The van der Waals surface area contributed by atoms with Crippen molar-refractivity contribution in [3.8, 4) is 28.7 Å². The molecule has 0 aliphatic rings. The molecule has 0 radical (unpaired) electrons. The molecule has 0 fully saturated rings. The van der Waals surface area contributed by atoms with Gasteiger partial charge in [-0.1, -0.05) is 42.5 Å². The Morgan fingerprint density at radius 2 is 1.88 bits per heavy atom. The highest BCUT2D eigenvalue weighted by Crippen LogP contribution is 2.25. The second-order valence-electron chi connectivity index (χ2n) is 5.72. The number of aromatic nitrogens is 5. The lowest BCUT2D eigenvalue weighted by Gasteiger charge is -2.07. The van der Waals surface area contributed by atoms with Crippen molar-refractivity contribution < 1.29 is 4.74 Å². The molecule has 0 amide bonds. The topological polar surface area (TPSA) is 65.7 Å². The number of ether oxygens (including phenoxy) is 1. The number of benzene rings is 2. The van der Waals surface area contributed by atoms with Gasteiger partial charge in [0.1, 0.15) is 11.4 Å². The Bertz CT molecular complexity index is 999. The molecule has 0 bridgehead atoms. The van der Waals surface area contributed by atoms with E-state index in [1.54, 1.807) is 25.7 Å². The third-order valence-electron chi connectivity index (χ3n) is 3.97. The van der Waals surface area contributed by atoms with Crippen LogP contribution in [0.25, 0.3) is 22.9 Å². The summed E-state index contributed by atoms with van der Waals surface area (Å²) in [5.74, 6) is 2.08. The Morgan fingerprint density at radius 1 is 1.00 bits per heavy atom. The quantitative estimate of drug-likeness (QED) is 0.555. The molecule has 6 heteroatoms. The van der Waals surface area contributed by atoms with Crippen LogP contribution >= 0.6 is 0 Å². The minimum Gasteiger partial charge on any atom is -0.497 e. The van der Waals surface area contributed by atoms with E-state index in [-0.39, 0.29) is 0 Å². The summed E-state index contributed by atoms with van der Waals surface area (Å²) in [6, 6.07) is 18.0. The molecule has 6 nitrogen and oxygen atoms in total. The first-order chi connectivity index (χ1) is 12.8. The molecule has 2 aromatic heterocycles. The number of rotatable bonds is 5. The lowest BCUT2D eigenvalue weighted by atomic mass is 10.2. The molecule has 0 unspecified atom stereocenters. The van der Waals surface area contributed by atoms with Crippen molar-refractivity contribution in [1.29, 1.82) is 0 Å². The van der Waals surface area contributed by atoms with Gasteiger partial charge >= 0.3 is 0 Å². The van der Waals surface area contributed by atoms with Crippen molar-refractivity contribution in [2.75, 3.05) is 7.11 Å². The van der Waals surface area contributed by atoms with Crippen LogP contribution in [-0.4, -0.2) is 31.8 Å². The molecule has 0 saturated heterocycles. The van der Waals surface area contributed by atoms with Crippen LogP contribution in [0.1, 0.15) is 5.56 Å². The molecule has 128 valence electrons. The third-order valence-corrected chi connectivity index (χ3v) is 3.97. The van der Waals surface area contributed by atoms with Crippen molar-refractivity contribution in [3.05, 3.63) is 78.8 Å². The van der Waals surface area contributed by atoms with Gasteiger partial charge in [0.15, 0.2) is 5.82 Å². The number of methoxy groups -OCH3 is 1. The average molecular weight is 343 g/mol. The monoisotopic (exact) mass is 343 g/mol. The molecular weight excluding hydrogens is 326 g/mol. The normalized spacial score (nSPS) is 10.7. The van der Waals surface area contributed by atoms with E-state index in [1.165, 1.54) is 0 Å². The summed E-state index contributed by atoms with van der Waals surface area (Å²) in [6.45, 7) is 0.612. The molecule has 2 aromatic carbocycles. The summed E-state index contributed by atoms with van der Waals surface area (Å²) in [7, 11) is 1.65. The van der Waals surface area contributed by atoms with Crippen LogP contribution in [0.4, 0.5) is 0 Å². The van der Waals surface area contributed by atoms with Crippen LogP contribution in [0.5, 0.6) is 5.75 Å². The van der Waals surface area contributed by atoms with Crippen LogP contribution < -0.4 is 4.74 Å². The Balaban J connectivity index is 1.81. The molecule has 0 aliphatic carbocycles. The molecule has 0 spiro atoms. The Morgan fingerprint density at radius 3 is 2.65 bits per heavy atom. The Kier molecular flexibility index (Phi) is 4.38. The van der Waals surface area contributed by atoms with Crippen LogP contribution in [0.3, 0.4) is 0 Å². The van der Waals surface area contributed by atoms with Gasteiger partial charge in [-0.15, -0.1) is 5.10 Å². The maximum absolute atomic E-state index is 5.35. The van der Waals surface area contributed by atoms with Crippen LogP contribution in [-0.2, 0) is 6.54 Å². The van der Waals surface area contributed by atoms with E-state index in [4.69, 9.17) is 9.72 Å². The summed E-state index contributed by atoms with van der Waals surface area (Å²) in [4.78, 5) is 13.1. The van der Waals surface area contributed by atoms with Crippen molar-refractivity contribution in [3.63, 3.8) is 0 Å². The predicted molar refractivity (Wildman–Crippen MR) is 98.6 cm³/mol. The zero-order chi connectivity index (χ0) is 17.8. The van der Waals surface area contributed by atoms with E-state index >= 15 is 0 Å². The standard InChI is InChI=1S/C20H17N5O/c1-26-17-9-5-8-16(12-17)20-23-19(18-13-21-10-11-22-18)24-25(20)14-15-6-3-2-4-7-15/h2-13H,14H2,1H3. The van der Waals surface area contributed by atoms with Crippen LogP contribution in [0, 0.1) is 0 Å². The summed E-state index contributed by atoms with van der Waals surface area (Å²) >= 11 is 0. The van der Waals surface area contributed by atoms with Gasteiger partial charge in [0.05, 0.1) is 19.9 Å². The van der Waals surface area contributed by atoms with Gasteiger partial charge in [-0.2, -0.15) is 0 Å². The number of hydrogen-bond donors (Lipinski definition) is 0. The van der Waals surface area contributed by atoms with Crippen LogP contribution in [0.15, 0.2) is 73.2 Å². The second-order valence-corrected chi connectivity index (χ2v) is 5.72. The highest BCUT2D eigenvalue weighted by Gasteiger charge is 2.15. The van der Waals surface area contributed by atoms with Crippen molar-refractivity contribution in [2.45, 2.75) is 6.54 Å². The number of nitrogens with zero attached hydrogens (tertiary/aromatic N) is 5. The third kappa shape index (κ3) is 3.30. The minimum atomic E-state index is 0.548. The van der Waals surface area contributed by atoms with Crippen molar-refractivity contribution in [2.24, 2.45) is 0 Å². The first kappa shape index (κ1) is 16.0. The van der Waals surface area contributed by atoms with Crippen LogP contribution in [0.2, 0.25) is 0 Å². The SMILES string of the molecule is COc1cccc(-c2nc(-c3cnccn3)nn2Cc2ccccc2)c1. The van der Waals surface area contributed by atoms with Gasteiger partial charge in [0.2, 0.25) is 5.82 Å². The van der Waals surface area contributed by atoms with E-state index in [0.717, 1.165) is 22.7 Å². The molecule has 4 rings (SSSR count). The fourth-order valence-electron chi connectivity index (χ4n) is 2.71. The van der Waals surface area contributed by atoms with E-state index < -0.39 is 0 Å². The summed E-state index contributed by atoms with van der Waals surface area (Å²) in [6.07, 6.45) is 4.93. The fourth-order valence-corrected chi connectivity index (χ4v) is 2.71. The molecule has 2 heterocycles. The lowest BCUT2D eigenvalue weighted by molar-refractivity contribution is 0.415. The van der Waals surface area contributed by atoms with E-state index in [0.29, 0.717) is 18.1 Å². The van der Waals surface area contributed by atoms with Gasteiger partial charge in [-0.25, -0.2) is 14.6 Å². The summed E-state index contributed by atoms with van der Waals surface area (Å²) < 4.78 is 7.23. The molecule has 0 N–H and O–H groups in total. The van der Waals surface area contributed by atoms with Crippen molar-refractivity contribution in [1.82, 2.24) is 24.7 Å². The molecular formula is C20H17N5O. The van der Waals surface area contributed by atoms with Gasteiger partial charge in [0, 0.05) is 18.0 Å². The maximum atomic E-state index is 5.35. The second kappa shape index (κ2) is 7.14. The van der Waals surface area contributed by atoms with Crippen molar-refractivity contribution >= 4 is 0 Å². The van der Waals surface area contributed by atoms with Gasteiger partial charge in [0.25, 0.3) is 0 Å². The largest absolute Gasteiger partial charge is 0.497 e. The molecule has 0 saturated carbocycles. The van der Waals surface area contributed by atoms with E-state index in [2.05, 4.69) is 27.2 Å². The summed E-state index contributed by atoms with van der Waals surface area (Å²) in [5, 5.41) is 4.67. The Labute approximate surface area is 151 Å². The smallest absolute Gasteiger partial charge is 0.201 e. The summed E-state index contributed by atoms with van der Waals surface area (Å²) in [5.41, 5.74) is 2.72. The average Bonchev–Trinajstić information content (AvgIpc) is 3.13. The van der Waals surface area contributed by atoms with Gasteiger partial charge in [-0.05, 0) is 17.7 Å². The molecule has 0 atom stereocenters. The minimum absolute atomic E-state index is 0.548. The van der Waals surface area contributed by atoms with Gasteiger partial charge < -0.3 is 4.74 Å².